The van der Waals surface area contributed by atoms with Gasteiger partial charge in [0.15, 0.2) is 0 Å². The maximum absolute atomic E-state index is 13.6. The van der Waals surface area contributed by atoms with Gasteiger partial charge in [0.2, 0.25) is 0 Å². The molecule has 174 valence electrons. The van der Waals surface area contributed by atoms with Crippen LogP contribution in [0.5, 0.6) is 0 Å². The van der Waals surface area contributed by atoms with Gasteiger partial charge in [0.05, 0.1) is 16.8 Å². The minimum absolute atomic E-state index is 0.0625. The second-order valence-corrected chi connectivity index (χ2v) is 8.49. The van der Waals surface area contributed by atoms with Crippen LogP contribution >= 0.6 is 0 Å². The largest absolute Gasteiger partial charge is 0.416 e. The van der Waals surface area contributed by atoms with Crippen LogP contribution in [0.4, 0.5) is 24.5 Å². The third-order valence-corrected chi connectivity index (χ3v) is 5.93. The van der Waals surface area contributed by atoms with Crippen molar-refractivity contribution in [1.29, 1.82) is 0 Å². The van der Waals surface area contributed by atoms with Crippen molar-refractivity contribution in [3.8, 4) is 0 Å². The Bertz CT molecular complexity index is 1360. The van der Waals surface area contributed by atoms with E-state index in [0.29, 0.717) is 11.3 Å². The summed E-state index contributed by atoms with van der Waals surface area (Å²) in [5, 5.41) is 2.81. The van der Waals surface area contributed by atoms with E-state index in [1.807, 2.05) is 32.9 Å². The average Bonchev–Trinajstić information content (AvgIpc) is 3.00. The molecular formula is C27H23F3N2O2. The van der Waals surface area contributed by atoms with Crippen LogP contribution in [0.2, 0.25) is 0 Å². The molecule has 0 fully saturated rings. The highest BCUT2D eigenvalue weighted by Crippen LogP contribution is 2.37. The van der Waals surface area contributed by atoms with E-state index in [1.54, 1.807) is 31.2 Å². The summed E-state index contributed by atoms with van der Waals surface area (Å²) in [5.41, 5.74) is 3.87. The number of imide groups is 1. The van der Waals surface area contributed by atoms with Crippen molar-refractivity contribution in [2.24, 2.45) is 0 Å². The molecule has 0 spiro atoms. The number of benzene rings is 3. The van der Waals surface area contributed by atoms with Crippen molar-refractivity contribution < 1.29 is 22.8 Å². The van der Waals surface area contributed by atoms with E-state index in [9.17, 15) is 22.8 Å². The number of nitrogens with zero attached hydrogens (tertiary/aromatic N) is 1. The zero-order chi connectivity index (χ0) is 24.8. The first kappa shape index (κ1) is 23.3. The lowest BCUT2D eigenvalue weighted by Crippen LogP contribution is -2.33. The monoisotopic (exact) mass is 464 g/mol. The number of anilines is 2. The Morgan fingerprint density at radius 2 is 1.50 bits per heavy atom. The van der Waals surface area contributed by atoms with Gasteiger partial charge in [0.25, 0.3) is 11.8 Å². The minimum atomic E-state index is -4.54. The lowest BCUT2D eigenvalue weighted by Gasteiger charge is -2.18. The second kappa shape index (κ2) is 8.48. The summed E-state index contributed by atoms with van der Waals surface area (Å²) >= 11 is 0. The number of hydrogen-bond acceptors (Lipinski definition) is 3. The summed E-state index contributed by atoms with van der Waals surface area (Å²) < 4.78 is 39.7. The number of nitrogens with one attached hydrogen (secondary N) is 1. The molecule has 0 aliphatic carbocycles. The molecule has 0 radical (unpaired) electrons. The van der Waals surface area contributed by atoms with Gasteiger partial charge in [-0.1, -0.05) is 42.0 Å². The Balaban J connectivity index is 1.86. The molecule has 4 rings (SSSR count). The van der Waals surface area contributed by atoms with Gasteiger partial charge in [-0.3, -0.25) is 9.59 Å². The molecule has 7 heteroatoms. The lowest BCUT2D eigenvalue weighted by molar-refractivity contribution is -0.137. The van der Waals surface area contributed by atoms with Gasteiger partial charge in [0.1, 0.15) is 5.70 Å². The number of carbonyl (C=O) groups excluding carboxylic acids is 2. The van der Waals surface area contributed by atoms with E-state index < -0.39 is 23.6 Å². The van der Waals surface area contributed by atoms with Crippen molar-refractivity contribution in [3.05, 3.63) is 99.7 Å². The molecule has 0 saturated heterocycles. The topological polar surface area (TPSA) is 49.4 Å². The van der Waals surface area contributed by atoms with Gasteiger partial charge < -0.3 is 5.32 Å². The van der Waals surface area contributed by atoms with Crippen LogP contribution in [0, 0.1) is 27.7 Å². The predicted molar refractivity (Wildman–Crippen MR) is 126 cm³/mol. The van der Waals surface area contributed by atoms with Gasteiger partial charge >= 0.3 is 6.18 Å². The Kier molecular flexibility index (Phi) is 5.81. The molecule has 1 aliphatic heterocycles. The summed E-state index contributed by atoms with van der Waals surface area (Å²) in [4.78, 5) is 28.2. The van der Waals surface area contributed by atoms with Gasteiger partial charge in [-0.05, 0) is 74.2 Å². The third kappa shape index (κ3) is 4.21. The van der Waals surface area contributed by atoms with Crippen LogP contribution < -0.4 is 10.2 Å². The van der Waals surface area contributed by atoms with E-state index >= 15 is 0 Å². The number of hydrogen-bond donors (Lipinski definition) is 1. The molecule has 3 aromatic carbocycles. The normalized spacial score (nSPS) is 14.3. The number of amides is 2. The Labute approximate surface area is 195 Å². The van der Waals surface area contributed by atoms with E-state index in [1.165, 1.54) is 12.1 Å². The van der Waals surface area contributed by atoms with Crippen LogP contribution in [-0.4, -0.2) is 11.8 Å². The van der Waals surface area contributed by atoms with Crippen LogP contribution in [0.15, 0.2) is 66.4 Å². The zero-order valence-corrected chi connectivity index (χ0v) is 19.2. The van der Waals surface area contributed by atoms with E-state index in [0.717, 1.165) is 39.3 Å². The van der Waals surface area contributed by atoms with Crippen LogP contribution in [0.1, 0.15) is 33.4 Å². The fraction of sp³-hybridized carbons (Fsp3) is 0.185. The van der Waals surface area contributed by atoms with Crippen LogP contribution in [-0.2, 0) is 15.8 Å². The zero-order valence-electron chi connectivity index (χ0n) is 19.2. The average molecular weight is 464 g/mol. The first-order valence-electron chi connectivity index (χ1n) is 10.7. The summed E-state index contributed by atoms with van der Waals surface area (Å²) in [6.07, 6.45) is -4.54. The standard InChI is InChI=1S/C27H23F3N2O2/c1-15-8-11-22(18(4)12-15)32-25(33)23(19-10-9-16(2)17(3)13-19)24(26(32)34)31-21-7-5-6-20(14-21)27(28,29)30/h5-14,31H,1-4H3. The SMILES string of the molecule is Cc1ccc(N2C(=O)C(Nc3cccc(C(F)(F)F)c3)=C(c3ccc(C)c(C)c3)C2=O)c(C)c1. The maximum atomic E-state index is 13.6. The molecule has 0 bridgehead atoms. The first-order valence-corrected chi connectivity index (χ1v) is 10.7. The quantitative estimate of drug-likeness (QED) is 0.459. The number of carbonyl (C=O) groups is 2. The van der Waals surface area contributed by atoms with Crippen molar-refractivity contribution in [1.82, 2.24) is 0 Å². The smallest absolute Gasteiger partial charge is 0.350 e. The van der Waals surface area contributed by atoms with E-state index in [2.05, 4.69) is 5.32 Å². The molecule has 34 heavy (non-hydrogen) atoms. The highest BCUT2D eigenvalue weighted by Gasteiger charge is 2.41. The highest BCUT2D eigenvalue weighted by molar-refractivity contribution is 6.46. The summed E-state index contributed by atoms with van der Waals surface area (Å²) in [7, 11) is 0. The third-order valence-electron chi connectivity index (χ3n) is 5.93. The molecule has 2 amide bonds. The van der Waals surface area contributed by atoms with Crippen molar-refractivity contribution in [2.45, 2.75) is 33.9 Å². The highest BCUT2D eigenvalue weighted by atomic mass is 19.4. The molecular weight excluding hydrogens is 441 g/mol. The maximum Gasteiger partial charge on any atom is 0.416 e. The number of halogens is 3. The van der Waals surface area contributed by atoms with E-state index in [-0.39, 0.29) is 17.0 Å². The number of aryl methyl sites for hydroxylation is 4. The van der Waals surface area contributed by atoms with Gasteiger partial charge in [-0.15, -0.1) is 0 Å². The van der Waals surface area contributed by atoms with Crippen LogP contribution in [0.25, 0.3) is 5.57 Å². The van der Waals surface area contributed by atoms with Gasteiger partial charge in [0, 0.05) is 5.69 Å². The Morgan fingerprint density at radius 1 is 0.765 bits per heavy atom. The molecule has 0 atom stereocenters. The molecule has 1 aliphatic rings. The predicted octanol–water partition coefficient (Wildman–Crippen LogP) is 6.34. The Hall–Kier alpha value is -3.87. The van der Waals surface area contributed by atoms with E-state index in [4.69, 9.17) is 0 Å². The fourth-order valence-corrected chi connectivity index (χ4v) is 4.00. The molecule has 0 unspecified atom stereocenters. The van der Waals surface area contributed by atoms with Crippen molar-refractivity contribution in [3.63, 3.8) is 0 Å². The molecule has 1 heterocycles. The molecule has 0 aromatic heterocycles. The summed E-state index contributed by atoms with van der Waals surface area (Å²) in [5.74, 6) is -1.16. The number of alkyl halides is 3. The first-order chi connectivity index (χ1) is 16.0. The molecule has 0 saturated carbocycles. The van der Waals surface area contributed by atoms with Gasteiger partial charge in [-0.2, -0.15) is 13.2 Å². The summed E-state index contributed by atoms with van der Waals surface area (Å²) in [6.45, 7) is 7.53. The van der Waals surface area contributed by atoms with Gasteiger partial charge in [-0.25, -0.2) is 4.90 Å². The molecule has 1 N–H and O–H groups in total. The van der Waals surface area contributed by atoms with Crippen molar-refractivity contribution >= 4 is 28.8 Å². The fourth-order valence-electron chi connectivity index (χ4n) is 4.00. The summed E-state index contributed by atoms with van der Waals surface area (Å²) in [6, 6.07) is 15.3. The number of rotatable bonds is 4. The Morgan fingerprint density at radius 3 is 2.15 bits per heavy atom. The minimum Gasteiger partial charge on any atom is -0.350 e. The second-order valence-electron chi connectivity index (χ2n) is 8.49. The lowest BCUT2D eigenvalue weighted by atomic mass is 9.99. The van der Waals surface area contributed by atoms with Crippen LogP contribution in [0.3, 0.4) is 0 Å². The molecule has 3 aromatic rings. The van der Waals surface area contributed by atoms with Crippen molar-refractivity contribution in [2.75, 3.05) is 10.2 Å². The molecule has 4 nitrogen and oxygen atoms in total.